The second-order valence-corrected chi connectivity index (χ2v) is 4.27. The predicted octanol–water partition coefficient (Wildman–Crippen LogP) is 1.62. The molecule has 0 N–H and O–H groups in total. The van der Waals surface area contributed by atoms with E-state index in [-0.39, 0.29) is 17.3 Å². The molecular formula is C12H14N2O4. The van der Waals surface area contributed by atoms with Crippen LogP contribution in [0.1, 0.15) is 22.3 Å². The maximum Gasteiger partial charge on any atom is 0.311 e. The van der Waals surface area contributed by atoms with Crippen molar-refractivity contribution >= 4 is 11.6 Å². The molecule has 0 bridgehead atoms. The van der Waals surface area contributed by atoms with E-state index in [1.165, 1.54) is 19.2 Å². The molecule has 1 aromatic carbocycles. The van der Waals surface area contributed by atoms with Gasteiger partial charge in [-0.25, -0.2) is 0 Å². The zero-order chi connectivity index (χ0) is 13.3. The smallest absolute Gasteiger partial charge is 0.311 e. The first kappa shape index (κ1) is 12.3. The van der Waals surface area contributed by atoms with Crippen LogP contribution in [0.25, 0.3) is 0 Å². The van der Waals surface area contributed by atoms with E-state index >= 15 is 0 Å². The Bertz CT molecular complexity index is 513. The van der Waals surface area contributed by atoms with E-state index in [2.05, 4.69) is 0 Å². The van der Waals surface area contributed by atoms with Gasteiger partial charge in [-0.2, -0.15) is 0 Å². The van der Waals surface area contributed by atoms with Crippen LogP contribution in [0.3, 0.4) is 0 Å². The van der Waals surface area contributed by atoms with Gasteiger partial charge in [-0.1, -0.05) is 0 Å². The number of benzene rings is 1. The maximum atomic E-state index is 12.1. The summed E-state index contributed by atoms with van der Waals surface area (Å²) in [5.41, 5.74) is 1.13. The number of nitrogens with zero attached hydrogens (tertiary/aromatic N) is 2. The Hall–Kier alpha value is -2.11. The SMILES string of the molecule is COc1cc2c(cc1[N+](=O)[O-])CCCN(C)C2=O. The van der Waals surface area contributed by atoms with Gasteiger partial charge in [0.05, 0.1) is 12.0 Å². The number of ether oxygens (including phenoxy) is 1. The Morgan fingerprint density at radius 2 is 2.17 bits per heavy atom. The number of fused-ring (bicyclic) bond motifs is 1. The van der Waals surface area contributed by atoms with Crippen LogP contribution in [0, 0.1) is 10.1 Å². The van der Waals surface area contributed by atoms with Crippen molar-refractivity contribution in [1.82, 2.24) is 4.90 Å². The van der Waals surface area contributed by atoms with Crippen molar-refractivity contribution in [2.24, 2.45) is 0 Å². The highest BCUT2D eigenvalue weighted by atomic mass is 16.6. The summed E-state index contributed by atoms with van der Waals surface area (Å²) in [7, 11) is 3.09. The van der Waals surface area contributed by atoms with Crippen molar-refractivity contribution < 1.29 is 14.5 Å². The fourth-order valence-corrected chi connectivity index (χ4v) is 2.14. The highest BCUT2D eigenvalue weighted by molar-refractivity contribution is 5.96. The quantitative estimate of drug-likeness (QED) is 0.590. The number of nitro benzene ring substituents is 1. The maximum absolute atomic E-state index is 12.1. The fraction of sp³-hybridized carbons (Fsp3) is 0.417. The van der Waals surface area contributed by atoms with Crippen LogP contribution in [0.4, 0.5) is 5.69 Å². The number of carbonyl (C=O) groups is 1. The molecule has 6 heteroatoms. The van der Waals surface area contributed by atoms with Gasteiger partial charge in [0, 0.05) is 31.3 Å². The number of amides is 1. The van der Waals surface area contributed by atoms with E-state index in [9.17, 15) is 14.9 Å². The first-order valence-corrected chi connectivity index (χ1v) is 5.65. The van der Waals surface area contributed by atoms with Gasteiger partial charge in [0.15, 0.2) is 5.75 Å². The van der Waals surface area contributed by atoms with E-state index in [4.69, 9.17) is 4.74 Å². The molecule has 0 aliphatic carbocycles. The van der Waals surface area contributed by atoms with E-state index in [0.717, 1.165) is 12.0 Å². The van der Waals surface area contributed by atoms with Crippen LogP contribution < -0.4 is 4.74 Å². The lowest BCUT2D eigenvalue weighted by atomic mass is 10.0. The van der Waals surface area contributed by atoms with Crippen molar-refractivity contribution in [3.05, 3.63) is 33.4 Å². The van der Waals surface area contributed by atoms with Crippen molar-refractivity contribution in [2.45, 2.75) is 12.8 Å². The van der Waals surface area contributed by atoms with E-state index < -0.39 is 4.92 Å². The third kappa shape index (κ3) is 2.01. The first-order chi connectivity index (χ1) is 8.54. The van der Waals surface area contributed by atoms with Gasteiger partial charge >= 0.3 is 5.69 Å². The van der Waals surface area contributed by atoms with Crippen LogP contribution in [0.15, 0.2) is 12.1 Å². The first-order valence-electron chi connectivity index (χ1n) is 5.65. The molecule has 1 aliphatic rings. The highest BCUT2D eigenvalue weighted by Gasteiger charge is 2.25. The Morgan fingerprint density at radius 3 is 2.78 bits per heavy atom. The Morgan fingerprint density at radius 1 is 1.44 bits per heavy atom. The molecule has 6 nitrogen and oxygen atoms in total. The van der Waals surface area contributed by atoms with Crippen molar-refractivity contribution in [2.75, 3.05) is 20.7 Å². The average Bonchev–Trinajstić information content (AvgIpc) is 2.49. The van der Waals surface area contributed by atoms with Gasteiger partial charge in [-0.3, -0.25) is 14.9 Å². The van der Waals surface area contributed by atoms with Crippen LogP contribution in [0.2, 0.25) is 0 Å². The molecule has 0 radical (unpaired) electrons. The Labute approximate surface area is 104 Å². The van der Waals surface area contributed by atoms with E-state index in [1.807, 2.05) is 0 Å². The molecule has 1 heterocycles. The third-order valence-corrected chi connectivity index (χ3v) is 3.12. The molecule has 0 saturated carbocycles. The molecular weight excluding hydrogens is 236 g/mol. The minimum Gasteiger partial charge on any atom is -0.490 e. The topological polar surface area (TPSA) is 72.7 Å². The molecule has 2 rings (SSSR count). The summed E-state index contributed by atoms with van der Waals surface area (Å²) < 4.78 is 4.98. The summed E-state index contributed by atoms with van der Waals surface area (Å²) in [6.45, 7) is 0.656. The second-order valence-electron chi connectivity index (χ2n) is 4.27. The number of methoxy groups -OCH3 is 1. The zero-order valence-corrected chi connectivity index (χ0v) is 10.3. The van der Waals surface area contributed by atoms with Crippen molar-refractivity contribution in [1.29, 1.82) is 0 Å². The molecule has 96 valence electrons. The van der Waals surface area contributed by atoms with Gasteiger partial charge in [-0.15, -0.1) is 0 Å². The summed E-state index contributed by atoms with van der Waals surface area (Å²) in [4.78, 5) is 24.1. The molecule has 0 unspecified atom stereocenters. The predicted molar refractivity (Wildman–Crippen MR) is 64.9 cm³/mol. The number of hydrogen-bond donors (Lipinski definition) is 0. The molecule has 0 aromatic heterocycles. The molecule has 1 aromatic rings. The van der Waals surface area contributed by atoms with Gasteiger partial charge in [0.1, 0.15) is 0 Å². The number of carbonyl (C=O) groups excluding carboxylic acids is 1. The van der Waals surface area contributed by atoms with Gasteiger partial charge < -0.3 is 9.64 Å². The Kier molecular flexibility index (Phi) is 3.18. The van der Waals surface area contributed by atoms with Gasteiger partial charge in [0.25, 0.3) is 5.91 Å². The molecule has 18 heavy (non-hydrogen) atoms. The van der Waals surface area contributed by atoms with Crippen LogP contribution >= 0.6 is 0 Å². The van der Waals surface area contributed by atoms with E-state index in [0.29, 0.717) is 18.5 Å². The summed E-state index contributed by atoms with van der Waals surface area (Å²) in [5.74, 6) is 0.0121. The van der Waals surface area contributed by atoms with E-state index in [1.54, 1.807) is 11.9 Å². The molecule has 0 spiro atoms. The van der Waals surface area contributed by atoms with Gasteiger partial charge in [-0.05, 0) is 18.4 Å². The lowest BCUT2D eigenvalue weighted by Gasteiger charge is -2.14. The summed E-state index contributed by atoms with van der Waals surface area (Å²) in [6, 6.07) is 2.92. The highest BCUT2D eigenvalue weighted by Crippen LogP contribution is 2.32. The fourth-order valence-electron chi connectivity index (χ4n) is 2.14. The summed E-state index contributed by atoms with van der Waals surface area (Å²) in [6.07, 6.45) is 1.47. The third-order valence-electron chi connectivity index (χ3n) is 3.12. The molecule has 0 atom stereocenters. The Balaban J connectivity index is 2.59. The normalized spacial score (nSPS) is 15.0. The van der Waals surface area contributed by atoms with Crippen molar-refractivity contribution in [3.63, 3.8) is 0 Å². The summed E-state index contributed by atoms with van der Waals surface area (Å²) >= 11 is 0. The van der Waals surface area contributed by atoms with Crippen LogP contribution in [0.5, 0.6) is 5.75 Å². The monoisotopic (exact) mass is 250 g/mol. The van der Waals surface area contributed by atoms with Gasteiger partial charge in [0.2, 0.25) is 0 Å². The number of nitro groups is 1. The number of aryl methyl sites for hydroxylation is 1. The molecule has 0 fully saturated rings. The van der Waals surface area contributed by atoms with Crippen LogP contribution in [-0.4, -0.2) is 36.4 Å². The van der Waals surface area contributed by atoms with Crippen LogP contribution in [-0.2, 0) is 6.42 Å². The summed E-state index contributed by atoms with van der Waals surface area (Å²) in [5, 5.41) is 10.9. The lowest BCUT2D eigenvalue weighted by molar-refractivity contribution is -0.385. The lowest BCUT2D eigenvalue weighted by Crippen LogP contribution is -2.26. The minimum absolute atomic E-state index is 0.0893. The second kappa shape index (κ2) is 4.64. The molecule has 1 aliphatic heterocycles. The number of hydrogen-bond acceptors (Lipinski definition) is 4. The molecule has 0 saturated heterocycles. The largest absolute Gasteiger partial charge is 0.490 e. The minimum atomic E-state index is -0.488. The number of rotatable bonds is 2. The average molecular weight is 250 g/mol. The zero-order valence-electron chi connectivity index (χ0n) is 10.3. The van der Waals surface area contributed by atoms with Crippen molar-refractivity contribution in [3.8, 4) is 5.75 Å². The standard InChI is InChI=1S/C12H14N2O4/c1-13-5-3-4-8-6-10(14(16)17)11(18-2)7-9(8)12(13)15/h6-7H,3-5H2,1-2H3. The molecule has 1 amide bonds.